The summed E-state index contributed by atoms with van der Waals surface area (Å²) in [6.07, 6.45) is 3.66. The smallest absolute Gasteiger partial charge is 0.0524 e. The van der Waals surface area contributed by atoms with Gasteiger partial charge in [-0.1, -0.05) is 13.8 Å². The molecule has 0 aromatic carbocycles. The summed E-state index contributed by atoms with van der Waals surface area (Å²) in [4.78, 5) is 4.30. The van der Waals surface area contributed by atoms with Gasteiger partial charge < -0.3 is 5.73 Å². The molecule has 0 rings (SSSR count). The molecule has 0 bridgehead atoms. The highest BCUT2D eigenvalue weighted by atomic mass is 14.8. The molecular formula is C10H20N2. The van der Waals surface area contributed by atoms with E-state index in [1.165, 1.54) is 0 Å². The predicted octanol–water partition coefficient (Wildman–Crippen LogP) is 2.35. The van der Waals surface area contributed by atoms with Crippen LogP contribution < -0.4 is 5.73 Å². The average Bonchev–Trinajstić information content (AvgIpc) is 1.84. The average molecular weight is 168 g/mol. The molecule has 0 saturated heterocycles. The zero-order valence-corrected chi connectivity index (χ0v) is 8.76. The van der Waals surface area contributed by atoms with E-state index in [1.807, 2.05) is 6.08 Å². The molecular weight excluding hydrogens is 148 g/mol. The Morgan fingerprint density at radius 1 is 1.33 bits per heavy atom. The van der Waals surface area contributed by atoms with Gasteiger partial charge in [-0.15, -0.1) is 0 Å². The second-order valence-electron chi connectivity index (χ2n) is 4.27. The number of nitrogens with two attached hydrogens (primary N) is 1. The first kappa shape index (κ1) is 11.2. The lowest BCUT2D eigenvalue weighted by Crippen LogP contribution is -2.10. The number of nitrogens with zero attached hydrogens (tertiary/aromatic N) is 1. The van der Waals surface area contributed by atoms with Crippen LogP contribution >= 0.6 is 0 Å². The molecule has 0 fully saturated rings. The first-order valence-corrected chi connectivity index (χ1v) is 4.34. The zero-order chi connectivity index (χ0) is 9.78. The maximum Gasteiger partial charge on any atom is 0.0524 e. The summed E-state index contributed by atoms with van der Waals surface area (Å²) in [6, 6.07) is 0. The predicted molar refractivity (Wildman–Crippen MR) is 55.4 cm³/mol. The number of aliphatic imine (C=N–C) groups is 1. The molecule has 2 heteroatoms. The van der Waals surface area contributed by atoms with Crippen molar-refractivity contribution in [3.8, 4) is 0 Å². The van der Waals surface area contributed by atoms with Gasteiger partial charge in [0.15, 0.2) is 0 Å². The van der Waals surface area contributed by atoms with Crippen molar-refractivity contribution in [2.45, 2.75) is 40.2 Å². The fourth-order valence-electron chi connectivity index (χ4n) is 0.539. The highest BCUT2D eigenvalue weighted by Crippen LogP contribution is 2.05. The molecule has 0 atom stereocenters. The molecule has 0 amide bonds. The van der Waals surface area contributed by atoms with E-state index in [0.29, 0.717) is 5.92 Å². The molecule has 2 nitrogen and oxygen atoms in total. The van der Waals surface area contributed by atoms with Crippen molar-refractivity contribution in [2.24, 2.45) is 16.6 Å². The third kappa shape index (κ3) is 5.96. The van der Waals surface area contributed by atoms with Gasteiger partial charge in [0.2, 0.25) is 0 Å². The van der Waals surface area contributed by atoms with Crippen LogP contribution in [0.15, 0.2) is 16.8 Å². The first-order chi connectivity index (χ1) is 5.33. The van der Waals surface area contributed by atoms with Gasteiger partial charge in [-0.3, -0.25) is 4.99 Å². The third-order valence-electron chi connectivity index (χ3n) is 1.40. The van der Waals surface area contributed by atoms with E-state index >= 15 is 0 Å². The molecule has 2 N–H and O–H groups in total. The molecule has 0 aromatic rings. The summed E-state index contributed by atoms with van der Waals surface area (Å²) < 4.78 is 0. The third-order valence-corrected chi connectivity index (χ3v) is 1.40. The highest BCUT2D eigenvalue weighted by Gasteiger charge is 2.03. The minimum Gasteiger partial charge on any atom is -0.402 e. The molecule has 0 aliphatic rings. The Morgan fingerprint density at radius 2 is 1.83 bits per heavy atom. The molecule has 0 aliphatic carbocycles. The van der Waals surface area contributed by atoms with Gasteiger partial charge in [0, 0.05) is 11.9 Å². The van der Waals surface area contributed by atoms with Crippen molar-refractivity contribution in [3.05, 3.63) is 11.8 Å². The zero-order valence-electron chi connectivity index (χ0n) is 8.76. The Bertz CT molecular complexity index is 183. The van der Waals surface area contributed by atoms with Crippen LogP contribution in [0.3, 0.4) is 0 Å². The molecule has 0 heterocycles. The normalized spacial score (nSPS) is 14.7. The van der Waals surface area contributed by atoms with Gasteiger partial charge in [-0.25, -0.2) is 0 Å². The van der Waals surface area contributed by atoms with E-state index in [9.17, 15) is 0 Å². The second kappa shape index (κ2) is 4.29. The van der Waals surface area contributed by atoms with Crippen molar-refractivity contribution in [1.82, 2.24) is 0 Å². The van der Waals surface area contributed by atoms with Crippen LogP contribution in [-0.2, 0) is 0 Å². The molecule has 0 aromatic heterocycles. The number of hydrogen-bond acceptors (Lipinski definition) is 2. The Balaban J connectivity index is 4.13. The minimum atomic E-state index is -0.00619. The van der Waals surface area contributed by atoms with Crippen LogP contribution in [-0.4, -0.2) is 11.8 Å². The van der Waals surface area contributed by atoms with Crippen molar-refractivity contribution in [1.29, 1.82) is 0 Å². The summed E-state index contributed by atoms with van der Waals surface area (Å²) in [7, 11) is 0. The molecule has 12 heavy (non-hydrogen) atoms. The van der Waals surface area contributed by atoms with Crippen LogP contribution in [0.25, 0.3) is 0 Å². The Hall–Kier alpha value is -0.790. The van der Waals surface area contributed by atoms with Gasteiger partial charge >= 0.3 is 0 Å². The molecule has 0 saturated carbocycles. The first-order valence-electron chi connectivity index (χ1n) is 4.34. The standard InChI is InChI=1S/C10H20N2/c1-8(2)9(11)6-7-12-10(3,4)5/h6-8H,11H2,1-5H3/b9-6-,12-7?. The van der Waals surface area contributed by atoms with E-state index in [2.05, 4.69) is 39.6 Å². The fourth-order valence-corrected chi connectivity index (χ4v) is 0.539. The number of allylic oxidation sites excluding steroid dienone is 2. The largest absolute Gasteiger partial charge is 0.402 e. The number of hydrogen-bond donors (Lipinski definition) is 1. The summed E-state index contributed by atoms with van der Waals surface area (Å²) in [5, 5.41) is 0. The van der Waals surface area contributed by atoms with Gasteiger partial charge in [0.1, 0.15) is 0 Å². The highest BCUT2D eigenvalue weighted by molar-refractivity contribution is 5.72. The van der Waals surface area contributed by atoms with E-state index in [-0.39, 0.29) is 5.54 Å². The summed E-state index contributed by atoms with van der Waals surface area (Å²) >= 11 is 0. The van der Waals surface area contributed by atoms with Gasteiger partial charge in [0.25, 0.3) is 0 Å². The molecule has 0 aliphatic heterocycles. The van der Waals surface area contributed by atoms with Crippen molar-refractivity contribution in [3.63, 3.8) is 0 Å². The SMILES string of the molecule is CC(C)/C(N)=C/C=NC(C)(C)C. The summed E-state index contributed by atoms with van der Waals surface area (Å²) in [5.41, 5.74) is 6.59. The molecule has 70 valence electrons. The Labute approximate surface area is 75.6 Å². The van der Waals surface area contributed by atoms with Gasteiger partial charge in [-0.2, -0.15) is 0 Å². The lowest BCUT2D eigenvalue weighted by Gasteiger charge is -2.10. The minimum absolute atomic E-state index is 0.00619. The molecule has 0 radical (unpaired) electrons. The Morgan fingerprint density at radius 3 is 2.17 bits per heavy atom. The van der Waals surface area contributed by atoms with Crippen molar-refractivity contribution in [2.75, 3.05) is 0 Å². The van der Waals surface area contributed by atoms with Crippen LogP contribution in [0.1, 0.15) is 34.6 Å². The topological polar surface area (TPSA) is 38.4 Å². The molecule has 0 unspecified atom stereocenters. The van der Waals surface area contributed by atoms with Crippen LogP contribution in [0.5, 0.6) is 0 Å². The maximum atomic E-state index is 5.72. The van der Waals surface area contributed by atoms with E-state index < -0.39 is 0 Å². The van der Waals surface area contributed by atoms with Crippen LogP contribution in [0, 0.1) is 5.92 Å². The quantitative estimate of drug-likeness (QED) is 0.631. The van der Waals surface area contributed by atoms with Gasteiger partial charge in [0.05, 0.1) is 5.54 Å². The van der Waals surface area contributed by atoms with Crippen LogP contribution in [0.4, 0.5) is 0 Å². The van der Waals surface area contributed by atoms with Crippen LogP contribution in [0.2, 0.25) is 0 Å². The Kier molecular flexibility index (Phi) is 4.01. The monoisotopic (exact) mass is 168 g/mol. The summed E-state index contributed by atoms with van der Waals surface area (Å²) in [6.45, 7) is 10.3. The summed E-state index contributed by atoms with van der Waals surface area (Å²) in [5.74, 6) is 0.399. The maximum absolute atomic E-state index is 5.72. The van der Waals surface area contributed by atoms with E-state index in [1.54, 1.807) is 6.21 Å². The van der Waals surface area contributed by atoms with Crippen molar-refractivity contribution >= 4 is 6.21 Å². The van der Waals surface area contributed by atoms with E-state index in [4.69, 9.17) is 5.73 Å². The lowest BCUT2D eigenvalue weighted by molar-refractivity contribution is 0.587. The number of rotatable bonds is 2. The van der Waals surface area contributed by atoms with Gasteiger partial charge in [-0.05, 0) is 32.8 Å². The van der Waals surface area contributed by atoms with Crippen molar-refractivity contribution < 1.29 is 0 Å². The molecule has 0 spiro atoms. The lowest BCUT2D eigenvalue weighted by atomic mass is 10.1. The second-order valence-corrected chi connectivity index (χ2v) is 4.27. The fraction of sp³-hybridized carbons (Fsp3) is 0.700. The van der Waals surface area contributed by atoms with E-state index in [0.717, 1.165) is 5.70 Å².